The molecule has 0 aliphatic carbocycles. The van der Waals surface area contributed by atoms with E-state index in [1.54, 1.807) is 12.7 Å². The monoisotopic (exact) mass is 266 g/mol. The van der Waals surface area contributed by atoms with Gasteiger partial charge in [0.05, 0.1) is 5.60 Å². The van der Waals surface area contributed by atoms with Crippen LogP contribution in [0.4, 0.5) is 0 Å². The van der Waals surface area contributed by atoms with Crippen LogP contribution in [0.15, 0.2) is 12.7 Å². The van der Waals surface area contributed by atoms with Gasteiger partial charge < -0.3 is 10.0 Å². The minimum absolute atomic E-state index is 0.413. The smallest absolute Gasteiger partial charge is 0.137 e. The predicted octanol–water partition coefficient (Wildman–Crippen LogP) is 1.54. The Kier molecular flexibility index (Phi) is 4.93. The molecule has 1 fully saturated rings. The Hall–Kier alpha value is -0.940. The molecule has 108 valence electrons. The molecule has 0 amide bonds. The quantitative estimate of drug-likeness (QED) is 0.794. The van der Waals surface area contributed by atoms with Gasteiger partial charge in [0, 0.05) is 13.1 Å². The van der Waals surface area contributed by atoms with Gasteiger partial charge in [-0.2, -0.15) is 5.10 Å². The van der Waals surface area contributed by atoms with Crippen molar-refractivity contribution in [1.29, 1.82) is 0 Å². The van der Waals surface area contributed by atoms with Gasteiger partial charge in [-0.05, 0) is 58.5 Å². The van der Waals surface area contributed by atoms with Gasteiger partial charge in [0.25, 0.3) is 0 Å². The summed E-state index contributed by atoms with van der Waals surface area (Å²) < 4.78 is 1.88. The average Bonchev–Trinajstić information content (AvgIpc) is 2.87. The third kappa shape index (κ3) is 4.58. The van der Waals surface area contributed by atoms with Crippen molar-refractivity contribution >= 4 is 0 Å². The maximum absolute atomic E-state index is 10.1. The van der Waals surface area contributed by atoms with E-state index < -0.39 is 5.60 Å². The summed E-state index contributed by atoms with van der Waals surface area (Å²) in [7, 11) is 0. The molecule has 5 heteroatoms. The first kappa shape index (κ1) is 14.5. The molecule has 0 radical (unpaired) electrons. The standard InChI is InChI=1S/C14H26N4O/c1-14(2,19)13-6-5-8-17(10-13)7-3-4-9-18-12-15-11-16-18/h11-13,19H,3-10H2,1-2H3/t13-/m0/s1. The van der Waals surface area contributed by atoms with Crippen molar-refractivity contribution in [1.82, 2.24) is 19.7 Å². The SMILES string of the molecule is CC(C)(O)[C@H]1CCCN(CCCCn2cncn2)C1. The molecule has 19 heavy (non-hydrogen) atoms. The lowest BCUT2D eigenvalue weighted by Crippen LogP contribution is -2.44. The number of aromatic nitrogens is 3. The molecular weight excluding hydrogens is 240 g/mol. The van der Waals surface area contributed by atoms with E-state index in [2.05, 4.69) is 15.0 Å². The highest BCUT2D eigenvalue weighted by molar-refractivity contribution is 4.83. The fourth-order valence-electron chi connectivity index (χ4n) is 2.79. The molecule has 1 atom stereocenters. The lowest BCUT2D eigenvalue weighted by molar-refractivity contribution is -0.0184. The van der Waals surface area contributed by atoms with Crippen LogP contribution in [0.5, 0.6) is 0 Å². The van der Waals surface area contributed by atoms with E-state index in [0.29, 0.717) is 5.92 Å². The van der Waals surface area contributed by atoms with Crippen LogP contribution in [0.25, 0.3) is 0 Å². The van der Waals surface area contributed by atoms with E-state index in [4.69, 9.17) is 0 Å². The highest BCUT2D eigenvalue weighted by atomic mass is 16.3. The van der Waals surface area contributed by atoms with Crippen molar-refractivity contribution in [2.75, 3.05) is 19.6 Å². The second-order valence-electron chi connectivity index (χ2n) is 6.16. The first-order valence-electron chi connectivity index (χ1n) is 7.33. The lowest BCUT2D eigenvalue weighted by atomic mass is 9.84. The maximum atomic E-state index is 10.1. The number of aryl methyl sites for hydroxylation is 1. The minimum Gasteiger partial charge on any atom is -0.390 e. The average molecular weight is 266 g/mol. The number of rotatable bonds is 6. The van der Waals surface area contributed by atoms with Crippen molar-refractivity contribution in [2.45, 2.75) is 51.7 Å². The van der Waals surface area contributed by atoms with Gasteiger partial charge in [-0.1, -0.05) is 0 Å². The molecule has 1 aliphatic heterocycles. The zero-order chi connectivity index (χ0) is 13.7. The Bertz CT molecular complexity index is 358. The summed E-state index contributed by atoms with van der Waals surface area (Å²) in [4.78, 5) is 6.43. The Morgan fingerprint density at radius 1 is 1.32 bits per heavy atom. The van der Waals surface area contributed by atoms with Gasteiger partial charge in [-0.15, -0.1) is 0 Å². The summed E-state index contributed by atoms with van der Waals surface area (Å²) in [6.45, 7) is 8.16. The first-order valence-corrected chi connectivity index (χ1v) is 7.33. The molecule has 0 spiro atoms. The van der Waals surface area contributed by atoms with Crippen LogP contribution < -0.4 is 0 Å². The normalized spacial score (nSPS) is 21.7. The van der Waals surface area contributed by atoms with Crippen molar-refractivity contribution in [3.05, 3.63) is 12.7 Å². The minimum atomic E-state index is -0.542. The van der Waals surface area contributed by atoms with Crippen molar-refractivity contribution < 1.29 is 5.11 Å². The molecule has 1 aromatic heterocycles. The van der Waals surface area contributed by atoms with E-state index in [-0.39, 0.29) is 0 Å². The van der Waals surface area contributed by atoms with Crippen molar-refractivity contribution in [3.63, 3.8) is 0 Å². The third-order valence-corrected chi connectivity index (χ3v) is 4.08. The van der Waals surface area contributed by atoms with Crippen LogP contribution >= 0.6 is 0 Å². The number of nitrogens with zero attached hydrogens (tertiary/aromatic N) is 4. The van der Waals surface area contributed by atoms with Crippen LogP contribution in [0, 0.1) is 5.92 Å². The summed E-state index contributed by atoms with van der Waals surface area (Å²) >= 11 is 0. The Morgan fingerprint density at radius 3 is 2.79 bits per heavy atom. The topological polar surface area (TPSA) is 54.2 Å². The molecule has 0 bridgehead atoms. The summed E-state index contributed by atoms with van der Waals surface area (Å²) in [5.41, 5.74) is -0.542. The molecule has 1 saturated heterocycles. The largest absolute Gasteiger partial charge is 0.390 e. The molecule has 2 rings (SSSR count). The molecule has 0 aromatic carbocycles. The van der Waals surface area contributed by atoms with Crippen LogP contribution in [-0.2, 0) is 6.54 Å². The number of likely N-dealkylation sites (tertiary alicyclic amines) is 1. The number of hydrogen-bond donors (Lipinski definition) is 1. The Morgan fingerprint density at radius 2 is 2.11 bits per heavy atom. The highest BCUT2D eigenvalue weighted by Gasteiger charge is 2.30. The van der Waals surface area contributed by atoms with Crippen LogP contribution in [-0.4, -0.2) is 50.0 Å². The molecule has 0 saturated carbocycles. The van der Waals surface area contributed by atoms with Gasteiger partial charge >= 0.3 is 0 Å². The fourth-order valence-corrected chi connectivity index (χ4v) is 2.79. The third-order valence-electron chi connectivity index (χ3n) is 4.08. The second-order valence-corrected chi connectivity index (χ2v) is 6.16. The Labute approximate surface area is 115 Å². The number of piperidine rings is 1. The lowest BCUT2D eigenvalue weighted by Gasteiger charge is -2.38. The van der Waals surface area contributed by atoms with Gasteiger partial charge in [0.15, 0.2) is 0 Å². The van der Waals surface area contributed by atoms with Crippen LogP contribution in [0.3, 0.4) is 0 Å². The van der Waals surface area contributed by atoms with Crippen LogP contribution in [0.2, 0.25) is 0 Å². The fraction of sp³-hybridized carbons (Fsp3) is 0.857. The summed E-state index contributed by atoms with van der Waals surface area (Å²) in [5.74, 6) is 0.413. The van der Waals surface area contributed by atoms with E-state index >= 15 is 0 Å². The Balaban J connectivity index is 1.65. The van der Waals surface area contributed by atoms with Gasteiger partial charge in [0.1, 0.15) is 12.7 Å². The van der Waals surface area contributed by atoms with Gasteiger partial charge in [-0.3, -0.25) is 4.68 Å². The number of unbranched alkanes of at least 4 members (excludes halogenated alkanes) is 1. The summed E-state index contributed by atoms with van der Waals surface area (Å²) in [6.07, 6.45) is 8.02. The molecule has 1 aromatic rings. The zero-order valence-corrected chi connectivity index (χ0v) is 12.1. The van der Waals surface area contributed by atoms with E-state index in [0.717, 1.165) is 32.5 Å². The molecule has 2 heterocycles. The second kappa shape index (κ2) is 6.48. The van der Waals surface area contributed by atoms with E-state index in [1.165, 1.54) is 19.4 Å². The molecule has 1 N–H and O–H groups in total. The number of hydrogen-bond acceptors (Lipinski definition) is 4. The van der Waals surface area contributed by atoms with Crippen LogP contribution in [0.1, 0.15) is 39.5 Å². The summed E-state index contributed by atoms with van der Waals surface area (Å²) in [6, 6.07) is 0. The zero-order valence-electron chi connectivity index (χ0n) is 12.1. The molecule has 5 nitrogen and oxygen atoms in total. The van der Waals surface area contributed by atoms with Gasteiger partial charge in [-0.25, -0.2) is 4.98 Å². The highest BCUT2D eigenvalue weighted by Crippen LogP contribution is 2.26. The van der Waals surface area contributed by atoms with Gasteiger partial charge in [0.2, 0.25) is 0 Å². The first-order chi connectivity index (χ1) is 9.05. The van der Waals surface area contributed by atoms with Crippen molar-refractivity contribution in [2.24, 2.45) is 5.92 Å². The summed E-state index contributed by atoms with van der Waals surface area (Å²) in [5, 5.41) is 14.2. The predicted molar refractivity (Wildman–Crippen MR) is 74.7 cm³/mol. The van der Waals surface area contributed by atoms with Crippen molar-refractivity contribution in [3.8, 4) is 0 Å². The maximum Gasteiger partial charge on any atom is 0.137 e. The molecule has 0 unspecified atom stereocenters. The molecular formula is C14H26N4O. The van der Waals surface area contributed by atoms with E-state index in [1.807, 2.05) is 18.5 Å². The van der Waals surface area contributed by atoms with E-state index in [9.17, 15) is 5.11 Å². The molecule has 1 aliphatic rings. The number of aliphatic hydroxyl groups is 1.